The van der Waals surface area contributed by atoms with Gasteiger partial charge in [-0.3, -0.25) is 4.79 Å². The molecule has 1 aromatic carbocycles. The zero-order valence-electron chi connectivity index (χ0n) is 16.9. The average Bonchev–Trinajstić information content (AvgIpc) is 2.72. The number of H-pyrrole nitrogens is 1. The molecule has 0 spiro atoms. The highest BCUT2D eigenvalue weighted by atomic mass is 32.2. The maximum absolute atomic E-state index is 14.6. The largest absolute Gasteiger partial charge is 0.493 e. The van der Waals surface area contributed by atoms with Crippen LogP contribution in [0.4, 0.5) is 4.39 Å². The van der Waals surface area contributed by atoms with Gasteiger partial charge in [0.1, 0.15) is 22.8 Å². The van der Waals surface area contributed by atoms with Crippen LogP contribution in [-0.2, 0) is 5.75 Å². The van der Waals surface area contributed by atoms with Crippen LogP contribution in [0.2, 0.25) is 0 Å². The third-order valence-corrected chi connectivity index (χ3v) is 7.23. The lowest BCUT2D eigenvalue weighted by atomic mass is 9.99. The lowest BCUT2D eigenvalue weighted by molar-refractivity contribution is 0.215. The van der Waals surface area contributed by atoms with Crippen molar-refractivity contribution in [3.63, 3.8) is 0 Å². The Morgan fingerprint density at radius 1 is 1.24 bits per heavy atom. The Morgan fingerprint density at radius 2 is 2.00 bits per heavy atom. The number of piperidine rings is 2. The molecule has 29 heavy (non-hydrogen) atoms. The Labute approximate surface area is 174 Å². The van der Waals surface area contributed by atoms with E-state index in [2.05, 4.69) is 27.2 Å². The van der Waals surface area contributed by atoms with Gasteiger partial charge in [-0.15, -0.1) is 0 Å². The van der Waals surface area contributed by atoms with Crippen LogP contribution in [0.3, 0.4) is 0 Å². The molecule has 0 radical (unpaired) electrons. The molecule has 3 heterocycles. The van der Waals surface area contributed by atoms with Crippen molar-refractivity contribution in [1.29, 1.82) is 0 Å². The number of nitrogens with one attached hydrogen (secondary N) is 2. The van der Waals surface area contributed by atoms with Crippen LogP contribution in [0.25, 0.3) is 10.9 Å². The Hall–Kier alpha value is -1.64. The molecule has 2 fully saturated rings. The number of halogens is 1. The summed E-state index contributed by atoms with van der Waals surface area (Å²) in [6, 6.07) is 2.99. The predicted octanol–water partition coefficient (Wildman–Crippen LogP) is 2.77. The van der Waals surface area contributed by atoms with E-state index in [9.17, 15) is 9.18 Å². The number of hydrogen-bond acceptors (Lipinski definition) is 6. The summed E-state index contributed by atoms with van der Waals surface area (Å²) in [6.45, 7) is 4.75. The number of benzene rings is 1. The summed E-state index contributed by atoms with van der Waals surface area (Å²) in [6.07, 6.45) is 4.41. The standard InChI is InChI=1S/C21H29FN4O2S/c1-26-8-4-16(5-9-26)29-13-19-24-18-11-15(10-17(22)20(18)21(27)25-19)28-12-14-2-6-23-7-3-14/h10-11,14,16,23H,2-9,12-13H2,1H3,(H,24,25,27). The van der Waals surface area contributed by atoms with E-state index in [1.165, 1.54) is 6.07 Å². The van der Waals surface area contributed by atoms with E-state index in [1.54, 1.807) is 6.07 Å². The Morgan fingerprint density at radius 3 is 2.76 bits per heavy atom. The molecule has 158 valence electrons. The van der Waals surface area contributed by atoms with Gasteiger partial charge >= 0.3 is 0 Å². The first kappa shape index (κ1) is 20.6. The molecular formula is C21H29FN4O2S. The summed E-state index contributed by atoms with van der Waals surface area (Å²) >= 11 is 1.82. The fourth-order valence-electron chi connectivity index (χ4n) is 4.01. The first-order valence-electron chi connectivity index (χ1n) is 10.4. The van der Waals surface area contributed by atoms with Gasteiger partial charge in [0.15, 0.2) is 0 Å². The minimum absolute atomic E-state index is 0.00672. The molecule has 0 unspecified atom stereocenters. The van der Waals surface area contributed by atoms with Gasteiger partial charge < -0.3 is 19.9 Å². The van der Waals surface area contributed by atoms with Gasteiger partial charge in [0.05, 0.1) is 17.9 Å². The minimum Gasteiger partial charge on any atom is -0.493 e. The van der Waals surface area contributed by atoms with Crippen LogP contribution in [0.1, 0.15) is 31.5 Å². The first-order valence-corrected chi connectivity index (χ1v) is 11.5. The van der Waals surface area contributed by atoms with Crippen molar-refractivity contribution in [1.82, 2.24) is 20.2 Å². The van der Waals surface area contributed by atoms with E-state index in [4.69, 9.17) is 4.74 Å². The molecular weight excluding hydrogens is 391 g/mol. The monoisotopic (exact) mass is 420 g/mol. The zero-order chi connectivity index (χ0) is 20.2. The highest BCUT2D eigenvalue weighted by molar-refractivity contribution is 7.99. The summed E-state index contributed by atoms with van der Waals surface area (Å²) in [5.74, 6) is 1.57. The van der Waals surface area contributed by atoms with E-state index in [0.29, 0.717) is 40.6 Å². The summed E-state index contributed by atoms with van der Waals surface area (Å²) < 4.78 is 20.4. The van der Waals surface area contributed by atoms with Crippen molar-refractivity contribution < 1.29 is 9.13 Å². The van der Waals surface area contributed by atoms with E-state index in [1.807, 2.05) is 11.8 Å². The molecule has 1 aromatic heterocycles. The third-order valence-electron chi connectivity index (χ3n) is 5.85. The highest BCUT2D eigenvalue weighted by Crippen LogP contribution is 2.26. The van der Waals surface area contributed by atoms with Gasteiger partial charge in [-0.25, -0.2) is 9.37 Å². The molecule has 4 rings (SSSR count). The molecule has 0 atom stereocenters. The van der Waals surface area contributed by atoms with E-state index in [0.717, 1.165) is 51.9 Å². The molecule has 8 heteroatoms. The fraction of sp³-hybridized carbons (Fsp3) is 0.619. The molecule has 2 N–H and O–H groups in total. The SMILES string of the molecule is CN1CCC(SCc2nc3cc(OCC4CCNCC4)cc(F)c3c(=O)[nH]2)CC1. The van der Waals surface area contributed by atoms with E-state index >= 15 is 0 Å². The van der Waals surface area contributed by atoms with Gasteiger partial charge in [-0.2, -0.15) is 11.8 Å². The predicted molar refractivity (Wildman–Crippen MR) is 115 cm³/mol. The second-order valence-electron chi connectivity index (χ2n) is 8.13. The van der Waals surface area contributed by atoms with E-state index in [-0.39, 0.29) is 5.39 Å². The molecule has 6 nitrogen and oxygen atoms in total. The van der Waals surface area contributed by atoms with E-state index < -0.39 is 11.4 Å². The second-order valence-corrected chi connectivity index (χ2v) is 9.42. The van der Waals surface area contributed by atoms with Crippen molar-refractivity contribution >= 4 is 22.7 Å². The van der Waals surface area contributed by atoms with Gasteiger partial charge in [-0.05, 0) is 64.8 Å². The van der Waals surface area contributed by atoms with Crippen molar-refractivity contribution in [3.05, 3.63) is 34.1 Å². The molecule has 2 aliphatic rings. The molecule has 0 saturated carbocycles. The van der Waals surface area contributed by atoms with Crippen molar-refractivity contribution in [2.75, 3.05) is 39.8 Å². The number of hydrogen-bond donors (Lipinski definition) is 2. The Kier molecular flexibility index (Phi) is 6.72. The molecule has 0 bridgehead atoms. The lowest BCUT2D eigenvalue weighted by Crippen LogP contribution is -2.31. The number of ether oxygens (including phenoxy) is 1. The quantitative estimate of drug-likeness (QED) is 0.749. The lowest BCUT2D eigenvalue weighted by Gasteiger charge is -2.28. The number of rotatable bonds is 6. The van der Waals surface area contributed by atoms with Crippen LogP contribution >= 0.6 is 11.8 Å². The van der Waals surface area contributed by atoms with Gasteiger partial charge in [0.25, 0.3) is 5.56 Å². The molecule has 2 saturated heterocycles. The highest BCUT2D eigenvalue weighted by Gasteiger charge is 2.19. The van der Waals surface area contributed by atoms with Gasteiger partial charge in [0.2, 0.25) is 0 Å². The maximum atomic E-state index is 14.6. The zero-order valence-corrected chi connectivity index (χ0v) is 17.7. The first-order chi connectivity index (χ1) is 14.1. The topological polar surface area (TPSA) is 70.2 Å². The van der Waals surface area contributed by atoms with Crippen LogP contribution in [0.5, 0.6) is 5.75 Å². The average molecular weight is 421 g/mol. The van der Waals surface area contributed by atoms with Crippen LogP contribution < -0.4 is 15.6 Å². The van der Waals surface area contributed by atoms with Crippen molar-refractivity contribution in [2.24, 2.45) is 5.92 Å². The number of aromatic nitrogens is 2. The number of nitrogens with zero attached hydrogens (tertiary/aromatic N) is 2. The van der Waals surface area contributed by atoms with Crippen LogP contribution in [-0.4, -0.2) is 60.0 Å². The van der Waals surface area contributed by atoms with Crippen molar-refractivity contribution in [3.8, 4) is 5.75 Å². The molecule has 0 amide bonds. The molecule has 0 aliphatic carbocycles. The molecule has 2 aromatic rings. The fourth-order valence-corrected chi connectivity index (χ4v) is 5.08. The third kappa shape index (κ3) is 5.29. The number of likely N-dealkylation sites (tertiary alicyclic amines) is 1. The van der Waals surface area contributed by atoms with Crippen LogP contribution in [0.15, 0.2) is 16.9 Å². The summed E-state index contributed by atoms with van der Waals surface area (Å²) in [5, 5.41) is 3.91. The van der Waals surface area contributed by atoms with Gasteiger partial charge in [0, 0.05) is 17.4 Å². The summed E-state index contributed by atoms with van der Waals surface area (Å²) in [7, 11) is 2.14. The van der Waals surface area contributed by atoms with Crippen LogP contribution in [0, 0.1) is 11.7 Å². The number of thioether (sulfide) groups is 1. The summed E-state index contributed by atoms with van der Waals surface area (Å²) in [5.41, 5.74) is -0.0515. The summed E-state index contributed by atoms with van der Waals surface area (Å²) in [4.78, 5) is 22.1. The normalized spacial score (nSPS) is 19.7. The van der Waals surface area contributed by atoms with Gasteiger partial charge in [-0.1, -0.05) is 0 Å². The Balaban J connectivity index is 1.46. The Bertz CT molecular complexity index is 892. The van der Waals surface area contributed by atoms with Crippen molar-refractivity contribution in [2.45, 2.75) is 36.7 Å². The number of aromatic amines is 1. The number of fused-ring (bicyclic) bond motifs is 1. The molecule has 2 aliphatic heterocycles. The minimum atomic E-state index is -0.578. The smallest absolute Gasteiger partial charge is 0.261 e. The second kappa shape index (κ2) is 9.45. The maximum Gasteiger partial charge on any atom is 0.261 e.